The third-order valence-electron chi connectivity index (χ3n) is 1.35. The van der Waals surface area contributed by atoms with Gasteiger partial charge in [-0.25, -0.2) is 0 Å². The Morgan fingerprint density at radius 3 is 1.58 bits per heavy atom. The van der Waals surface area contributed by atoms with Gasteiger partial charge >= 0.3 is 23.1 Å². The van der Waals surface area contributed by atoms with E-state index in [1.807, 2.05) is 6.92 Å². The van der Waals surface area contributed by atoms with Gasteiger partial charge in [0.2, 0.25) is 0 Å². The van der Waals surface area contributed by atoms with Crippen molar-refractivity contribution in [2.45, 2.75) is 58.8 Å². The first-order chi connectivity index (χ1) is 5.33. The van der Waals surface area contributed by atoms with Crippen molar-refractivity contribution in [1.29, 1.82) is 0 Å². The monoisotopic (exact) mass is 180 g/mol. The van der Waals surface area contributed by atoms with Gasteiger partial charge < -0.3 is 13.8 Å². The van der Waals surface area contributed by atoms with E-state index in [9.17, 15) is 0 Å². The molecule has 0 spiro atoms. The molecular weight excluding hydrogens is 156 g/mol. The maximum Gasteiger partial charge on any atom is 2.00 e. The number of unbranched alkanes of at least 4 members (excludes halogenated alkanes) is 5. The van der Waals surface area contributed by atoms with Gasteiger partial charge in [-0.1, -0.05) is 46.0 Å². The summed E-state index contributed by atoms with van der Waals surface area (Å²) in [6.07, 6.45) is 8.98. The molecule has 0 aromatic heterocycles. The molecular formula is C11H24Mg. The second-order valence-corrected chi connectivity index (χ2v) is 2.77. The molecule has 0 bridgehead atoms. The van der Waals surface area contributed by atoms with E-state index in [0.29, 0.717) is 0 Å². The molecule has 0 saturated carbocycles. The van der Waals surface area contributed by atoms with Crippen molar-refractivity contribution in [2.24, 2.45) is 0 Å². The molecule has 0 aliphatic carbocycles. The van der Waals surface area contributed by atoms with Crippen LogP contribution in [0, 0.1) is 13.8 Å². The van der Waals surface area contributed by atoms with E-state index < -0.39 is 0 Å². The summed E-state index contributed by atoms with van der Waals surface area (Å²) in [4.78, 5) is 0. The van der Waals surface area contributed by atoms with Crippen LogP contribution in [0.15, 0.2) is 0 Å². The van der Waals surface area contributed by atoms with Gasteiger partial charge in [0.1, 0.15) is 0 Å². The van der Waals surface area contributed by atoms with Crippen LogP contribution in [0.5, 0.6) is 0 Å². The Morgan fingerprint density at radius 2 is 1.25 bits per heavy atom. The fourth-order valence-electron chi connectivity index (χ4n) is 0.780. The largest absolute Gasteiger partial charge is 2.00 e. The Balaban J connectivity index is -0.000000177. The zero-order valence-electron chi connectivity index (χ0n) is 9.07. The molecule has 0 nitrogen and oxygen atoms in total. The van der Waals surface area contributed by atoms with E-state index in [0.717, 1.165) is 12.8 Å². The van der Waals surface area contributed by atoms with E-state index in [-0.39, 0.29) is 23.1 Å². The zero-order valence-corrected chi connectivity index (χ0v) is 10.5. The number of hydrogen-bond acceptors (Lipinski definition) is 0. The van der Waals surface area contributed by atoms with Crippen molar-refractivity contribution in [2.75, 3.05) is 0 Å². The van der Waals surface area contributed by atoms with E-state index in [2.05, 4.69) is 20.8 Å². The van der Waals surface area contributed by atoms with Crippen LogP contribution in [0.4, 0.5) is 0 Å². The Hall–Kier alpha value is 0.766. The average molecular weight is 181 g/mol. The molecule has 0 unspecified atom stereocenters. The smallest absolute Gasteiger partial charge is 0.344 e. The quantitative estimate of drug-likeness (QED) is 0.340. The molecule has 0 radical (unpaired) electrons. The third kappa shape index (κ3) is 30.9. The first-order valence-electron chi connectivity index (χ1n) is 4.91. The van der Waals surface area contributed by atoms with Crippen LogP contribution in [0.3, 0.4) is 0 Å². The third-order valence-corrected chi connectivity index (χ3v) is 1.35. The summed E-state index contributed by atoms with van der Waals surface area (Å²) >= 11 is 0. The van der Waals surface area contributed by atoms with Crippen molar-refractivity contribution in [3.63, 3.8) is 0 Å². The molecule has 70 valence electrons. The summed E-state index contributed by atoms with van der Waals surface area (Å²) < 4.78 is 0. The Bertz CT molecular complexity index is 38.3. The molecule has 0 N–H and O–H groups in total. The van der Waals surface area contributed by atoms with E-state index in [4.69, 9.17) is 0 Å². The van der Waals surface area contributed by atoms with E-state index in [1.165, 1.54) is 32.1 Å². The molecule has 0 aliphatic rings. The second kappa shape index (κ2) is 22.6. The minimum atomic E-state index is 0. The van der Waals surface area contributed by atoms with Gasteiger partial charge in [-0.05, 0) is 0 Å². The number of hydrogen-bond donors (Lipinski definition) is 0. The van der Waals surface area contributed by atoms with Crippen molar-refractivity contribution < 1.29 is 0 Å². The van der Waals surface area contributed by atoms with Gasteiger partial charge in [0.15, 0.2) is 0 Å². The SMILES string of the molecule is [CH2-]CC.[CH2-]CCCCCCC.[Mg+2]. The number of rotatable bonds is 5. The summed E-state index contributed by atoms with van der Waals surface area (Å²) in [5, 5.41) is 0. The molecule has 1 heteroatoms. The Morgan fingerprint density at radius 1 is 0.833 bits per heavy atom. The average Bonchev–Trinajstić information content (AvgIpc) is 2.00. The van der Waals surface area contributed by atoms with Crippen LogP contribution < -0.4 is 0 Å². The molecule has 0 rings (SSSR count). The first-order valence-corrected chi connectivity index (χ1v) is 4.91. The predicted octanol–water partition coefficient (Wildman–Crippen LogP) is 4.03. The fraction of sp³-hybridized carbons (Fsp3) is 0.818. The fourth-order valence-corrected chi connectivity index (χ4v) is 0.780. The van der Waals surface area contributed by atoms with Crippen molar-refractivity contribution in [3.8, 4) is 0 Å². The minimum Gasteiger partial charge on any atom is -0.344 e. The topological polar surface area (TPSA) is 0 Å². The van der Waals surface area contributed by atoms with E-state index >= 15 is 0 Å². The van der Waals surface area contributed by atoms with Gasteiger partial charge in [-0.15, -0.1) is 0 Å². The summed E-state index contributed by atoms with van der Waals surface area (Å²) in [7, 11) is 0. The molecule has 0 heterocycles. The molecule has 0 aromatic carbocycles. The predicted molar refractivity (Wildman–Crippen MR) is 60.1 cm³/mol. The summed E-state index contributed by atoms with van der Waals surface area (Å²) in [5.41, 5.74) is 0. The molecule has 0 amide bonds. The van der Waals surface area contributed by atoms with Crippen LogP contribution >= 0.6 is 0 Å². The summed E-state index contributed by atoms with van der Waals surface area (Å²) in [6.45, 7) is 11.5. The van der Waals surface area contributed by atoms with Crippen molar-refractivity contribution in [1.82, 2.24) is 0 Å². The molecule has 0 aromatic rings. The van der Waals surface area contributed by atoms with Gasteiger partial charge in [-0.3, -0.25) is 0 Å². The molecule has 0 saturated heterocycles. The van der Waals surface area contributed by atoms with Crippen LogP contribution in [-0.2, 0) is 0 Å². The maximum absolute atomic E-state index is 3.78. The Kier molecular flexibility index (Phi) is 34.9. The van der Waals surface area contributed by atoms with Crippen LogP contribution in [0.2, 0.25) is 0 Å². The van der Waals surface area contributed by atoms with Gasteiger partial charge in [0, 0.05) is 0 Å². The van der Waals surface area contributed by atoms with Crippen LogP contribution in [-0.4, -0.2) is 23.1 Å². The molecule has 0 atom stereocenters. The van der Waals surface area contributed by atoms with E-state index in [1.54, 1.807) is 0 Å². The standard InChI is InChI=1S/C8H17.C3H7.Mg/c1-3-5-7-8-6-4-2;1-3-2;/h1,3-8H2,2H3;1,3H2,2H3;/q2*-1;+2. The maximum atomic E-state index is 3.78. The second-order valence-electron chi connectivity index (χ2n) is 2.77. The normalized spacial score (nSPS) is 8.00. The van der Waals surface area contributed by atoms with Gasteiger partial charge in [0.05, 0.1) is 0 Å². The van der Waals surface area contributed by atoms with Crippen LogP contribution in [0.25, 0.3) is 0 Å². The molecule has 0 fully saturated rings. The molecule has 12 heavy (non-hydrogen) atoms. The first kappa shape index (κ1) is 18.5. The summed E-state index contributed by atoms with van der Waals surface area (Å²) in [6, 6.07) is 0. The van der Waals surface area contributed by atoms with Crippen molar-refractivity contribution >= 4 is 23.1 Å². The minimum absolute atomic E-state index is 0. The summed E-state index contributed by atoms with van der Waals surface area (Å²) in [5.74, 6) is 0. The van der Waals surface area contributed by atoms with Gasteiger partial charge in [0.25, 0.3) is 0 Å². The van der Waals surface area contributed by atoms with Crippen LogP contribution in [0.1, 0.15) is 58.8 Å². The van der Waals surface area contributed by atoms with Gasteiger partial charge in [-0.2, -0.15) is 12.8 Å². The molecule has 0 aliphatic heterocycles. The zero-order chi connectivity index (χ0) is 8.95. The van der Waals surface area contributed by atoms with Crippen molar-refractivity contribution in [3.05, 3.63) is 13.8 Å². The Labute approximate surface area is 95.7 Å².